The molecule has 3 nitrogen and oxygen atoms in total. The maximum atomic E-state index is 8.66. The van der Waals surface area contributed by atoms with E-state index in [-0.39, 0.29) is 0 Å². The van der Waals surface area contributed by atoms with Crippen molar-refractivity contribution in [3.8, 4) is 11.8 Å². The maximum Gasteiger partial charge on any atom is 0.182 e. The van der Waals surface area contributed by atoms with Gasteiger partial charge in [0.25, 0.3) is 0 Å². The van der Waals surface area contributed by atoms with Gasteiger partial charge in [-0.25, -0.2) is 4.98 Å². The molecule has 0 saturated carbocycles. The molecule has 0 radical (unpaired) electrons. The zero-order valence-electron chi connectivity index (χ0n) is 7.40. The van der Waals surface area contributed by atoms with Crippen LogP contribution >= 0.6 is 0 Å². The van der Waals surface area contributed by atoms with Crippen molar-refractivity contribution in [3.05, 3.63) is 36.2 Å². The van der Waals surface area contributed by atoms with Crippen LogP contribution in [-0.4, -0.2) is 11.6 Å². The fourth-order valence-electron chi connectivity index (χ4n) is 0.825. The lowest BCUT2D eigenvalue weighted by molar-refractivity contribution is 0.360. The van der Waals surface area contributed by atoms with Gasteiger partial charge in [-0.15, -0.1) is 0 Å². The summed E-state index contributed by atoms with van der Waals surface area (Å²) in [7, 11) is 0. The molecule has 0 bridgehead atoms. The molecule has 1 rings (SSSR count). The molecular weight excluding hydrogens is 164 g/mol. The topological polar surface area (TPSA) is 45.9 Å². The van der Waals surface area contributed by atoms with Gasteiger partial charge in [0.15, 0.2) is 11.4 Å². The number of pyridine rings is 1. The van der Waals surface area contributed by atoms with Gasteiger partial charge in [-0.1, -0.05) is 12.2 Å². The highest BCUT2D eigenvalue weighted by atomic mass is 16.5. The molecule has 0 aliphatic heterocycles. The first-order chi connectivity index (χ1) is 6.38. The van der Waals surface area contributed by atoms with Crippen molar-refractivity contribution >= 4 is 0 Å². The first-order valence-corrected chi connectivity index (χ1v) is 3.97. The summed E-state index contributed by atoms with van der Waals surface area (Å²) >= 11 is 0. The van der Waals surface area contributed by atoms with Gasteiger partial charge in [0.1, 0.15) is 12.7 Å². The van der Waals surface area contributed by atoms with Crippen molar-refractivity contribution in [2.75, 3.05) is 6.61 Å². The lowest BCUT2D eigenvalue weighted by Crippen LogP contribution is -1.96. The first-order valence-electron chi connectivity index (χ1n) is 3.97. The molecule has 1 heterocycles. The van der Waals surface area contributed by atoms with Crippen molar-refractivity contribution in [2.45, 2.75) is 6.92 Å². The second-order valence-corrected chi connectivity index (χ2v) is 2.34. The number of allylic oxidation sites excluding steroid dienone is 1. The Morgan fingerprint density at radius 1 is 1.69 bits per heavy atom. The normalized spacial score (nSPS) is 9.85. The molecule has 13 heavy (non-hydrogen) atoms. The van der Waals surface area contributed by atoms with E-state index in [1.54, 1.807) is 18.3 Å². The fourth-order valence-corrected chi connectivity index (χ4v) is 0.825. The smallest absolute Gasteiger partial charge is 0.182 e. The van der Waals surface area contributed by atoms with E-state index >= 15 is 0 Å². The minimum absolute atomic E-state index is 0.326. The molecule has 0 spiro atoms. The number of nitriles is 1. The van der Waals surface area contributed by atoms with Gasteiger partial charge in [-0.05, 0) is 19.1 Å². The van der Waals surface area contributed by atoms with E-state index in [1.165, 1.54) is 0 Å². The maximum absolute atomic E-state index is 8.66. The van der Waals surface area contributed by atoms with Crippen LogP contribution < -0.4 is 4.74 Å². The summed E-state index contributed by atoms with van der Waals surface area (Å²) in [5, 5.41) is 8.66. The van der Waals surface area contributed by atoms with Crippen LogP contribution in [-0.2, 0) is 0 Å². The van der Waals surface area contributed by atoms with Gasteiger partial charge < -0.3 is 4.74 Å². The summed E-state index contributed by atoms with van der Waals surface area (Å²) < 4.78 is 5.30. The molecule has 0 aromatic carbocycles. The lowest BCUT2D eigenvalue weighted by Gasteiger charge is -2.02. The summed E-state index contributed by atoms with van der Waals surface area (Å²) in [5.74, 6) is 0.531. The van der Waals surface area contributed by atoms with Crippen molar-refractivity contribution < 1.29 is 4.74 Å². The van der Waals surface area contributed by atoms with Gasteiger partial charge >= 0.3 is 0 Å². The summed E-state index contributed by atoms with van der Waals surface area (Å²) in [4.78, 5) is 3.87. The predicted molar refractivity (Wildman–Crippen MR) is 49.3 cm³/mol. The standard InChI is InChI=1S/C10H10N2O/c1-2-3-7-13-10-5-4-6-12-9(10)8-11/h2-6H,7H2,1H3/b3-2+. The molecule has 1 aromatic rings. The van der Waals surface area contributed by atoms with Crippen LogP contribution in [0.1, 0.15) is 12.6 Å². The minimum Gasteiger partial charge on any atom is -0.486 e. The molecule has 3 heteroatoms. The highest BCUT2D eigenvalue weighted by Gasteiger charge is 2.00. The fraction of sp³-hybridized carbons (Fsp3) is 0.200. The SMILES string of the molecule is C/C=C/COc1cccnc1C#N. The van der Waals surface area contributed by atoms with Gasteiger partial charge in [-0.3, -0.25) is 0 Å². The first kappa shape index (κ1) is 9.27. The number of ether oxygens (including phenoxy) is 1. The van der Waals surface area contributed by atoms with E-state index in [2.05, 4.69) is 4.98 Å². The summed E-state index contributed by atoms with van der Waals surface area (Å²) in [6.07, 6.45) is 5.33. The average molecular weight is 174 g/mol. The molecule has 1 aromatic heterocycles. The summed E-state index contributed by atoms with van der Waals surface area (Å²) in [5.41, 5.74) is 0.326. The zero-order chi connectivity index (χ0) is 9.52. The number of hydrogen-bond acceptors (Lipinski definition) is 3. The Bertz CT molecular complexity index is 339. The molecule has 0 unspecified atom stereocenters. The highest BCUT2D eigenvalue weighted by Crippen LogP contribution is 2.13. The molecule has 0 atom stereocenters. The van der Waals surface area contributed by atoms with Gasteiger partial charge in [0.2, 0.25) is 0 Å². The second kappa shape index (κ2) is 4.94. The quantitative estimate of drug-likeness (QED) is 0.657. The van der Waals surface area contributed by atoms with E-state index in [0.29, 0.717) is 18.1 Å². The third-order valence-corrected chi connectivity index (χ3v) is 1.45. The van der Waals surface area contributed by atoms with Gasteiger partial charge in [0, 0.05) is 6.20 Å². The Kier molecular flexibility index (Phi) is 3.52. The minimum atomic E-state index is 0.326. The van der Waals surface area contributed by atoms with Crippen LogP contribution in [0.4, 0.5) is 0 Å². The van der Waals surface area contributed by atoms with E-state index < -0.39 is 0 Å². The van der Waals surface area contributed by atoms with Crippen LogP contribution in [0.2, 0.25) is 0 Å². The van der Waals surface area contributed by atoms with Crippen molar-refractivity contribution in [1.82, 2.24) is 4.98 Å². The molecule has 0 fully saturated rings. The number of aromatic nitrogens is 1. The van der Waals surface area contributed by atoms with Gasteiger partial charge in [-0.2, -0.15) is 5.26 Å². The molecule has 0 aliphatic carbocycles. The number of hydrogen-bond donors (Lipinski definition) is 0. The van der Waals surface area contributed by atoms with Crippen LogP contribution in [0.3, 0.4) is 0 Å². The molecular formula is C10H10N2O. The van der Waals surface area contributed by atoms with E-state index in [0.717, 1.165) is 0 Å². The van der Waals surface area contributed by atoms with Crippen LogP contribution in [0.5, 0.6) is 5.75 Å². The summed E-state index contributed by atoms with van der Waals surface area (Å²) in [6.45, 7) is 2.38. The van der Waals surface area contributed by atoms with Crippen LogP contribution in [0, 0.1) is 11.3 Å². The van der Waals surface area contributed by atoms with E-state index in [1.807, 2.05) is 25.1 Å². The van der Waals surface area contributed by atoms with E-state index in [4.69, 9.17) is 10.00 Å². The lowest BCUT2D eigenvalue weighted by atomic mass is 10.3. The Hall–Kier alpha value is -1.82. The van der Waals surface area contributed by atoms with Crippen LogP contribution in [0.15, 0.2) is 30.5 Å². The van der Waals surface area contributed by atoms with Crippen molar-refractivity contribution in [2.24, 2.45) is 0 Å². The zero-order valence-corrected chi connectivity index (χ0v) is 7.40. The largest absolute Gasteiger partial charge is 0.486 e. The second-order valence-electron chi connectivity index (χ2n) is 2.34. The molecule has 66 valence electrons. The molecule has 0 N–H and O–H groups in total. The monoisotopic (exact) mass is 174 g/mol. The van der Waals surface area contributed by atoms with Crippen LogP contribution in [0.25, 0.3) is 0 Å². The van der Waals surface area contributed by atoms with Gasteiger partial charge in [0.05, 0.1) is 0 Å². The average Bonchev–Trinajstić information content (AvgIpc) is 2.19. The Labute approximate surface area is 77.3 Å². The third kappa shape index (κ3) is 2.60. The Morgan fingerprint density at radius 2 is 2.54 bits per heavy atom. The van der Waals surface area contributed by atoms with E-state index in [9.17, 15) is 0 Å². The predicted octanol–water partition coefficient (Wildman–Crippen LogP) is 1.91. The summed E-state index contributed by atoms with van der Waals surface area (Å²) in [6, 6.07) is 5.44. The highest BCUT2D eigenvalue weighted by molar-refractivity contribution is 5.36. The molecule has 0 saturated heterocycles. The molecule has 0 amide bonds. The Morgan fingerprint density at radius 3 is 3.23 bits per heavy atom. The van der Waals surface area contributed by atoms with Crippen molar-refractivity contribution in [1.29, 1.82) is 5.26 Å². The molecule has 0 aliphatic rings. The van der Waals surface area contributed by atoms with Crippen molar-refractivity contribution in [3.63, 3.8) is 0 Å². The Balaban J connectivity index is 2.71. The number of rotatable bonds is 3. The third-order valence-electron chi connectivity index (χ3n) is 1.45. The number of nitrogens with zero attached hydrogens (tertiary/aromatic N) is 2.